The Morgan fingerprint density at radius 1 is 1.16 bits per heavy atom. The molecule has 2 amide bonds. The van der Waals surface area contributed by atoms with E-state index in [0.29, 0.717) is 18.0 Å². The molecule has 0 saturated carbocycles. The van der Waals surface area contributed by atoms with Crippen LogP contribution in [0.4, 0.5) is 0 Å². The van der Waals surface area contributed by atoms with Crippen LogP contribution in [0.25, 0.3) is 0 Å². The molecule has 0 bridgehead atoms. The quantitative estimate of drug-likeness (QED) is 0.276. The fraction of sp³-hybridized carbons (Fsp3) is 0.417. The van der Waals surface area contributed by atoms with Gasteiger partial charge in [0.2, 0.25) is 11.8 Å². The minimum absolute atomic E-state index is 0.0107. The van der Waals surface area contributed by atoms with E-state index in [-0.39, 0.29) is 17.9 Å². The molecular formula is C24H30BrClN2O2S. The SMILES string of the molecule is CCC(C)NC(=O)C(C)N(Cc1cccc(Br)c1)C(=O)CCCSc1ccc(Cl)cc1. The first-order chi connectivity index (χ1) is 14.8. The van der Waals surface area contributed by atoms with Crippen molar-refractivity contribution in [3.63, 3.8) is 0 Å². The topological polar surface area (TPSA) is 49.4 Å². The summed E-state index contributed by atoms with van der Waals surface area (Å²) in [5.41, 5.74) is 0.987. The highest BCUT2D eigenvalue weighted by Crippen LogP contribution is 2.22. The van der Waals surface area contributed by atoms with Gasteiger partial charge < -0.3 is 10.2 Å². The molecule has 0 fully saturated rings. The molecule has 0 spiro atoms. The number of amides is 2. The molecule has 4 nitrogen and oxygen atoms in total. The number of hydrogen-bond donors (Lipinski definition) is 1. The molecule has 0 radical (unpaired) electrons. The standard InChI is InChI=1S/C24H30BrClN2O2S/c1-4-17(2)27-24(30)18(3)28(16-19-7-5-8-20(25)15-19)23(29)9-6-14-31-22-12-10-21(26)11-13-22/h5,7-8,10-13,15,17-18H,4,6,9,14,16H2,1-3H3,(H,27,30). The fourth-order valence-corrected chi connectivity index (χ4v) is 4.39. The lowest BCUT2D eigenvalue weighted by Gasteiger charge is -2.30. The summed E-state index contributed by atoms with van der Waals surface area (Å²) in [5, 5.41) is 3.71. The Kier molecular flexibility index (Phi) is 10.9. The number of nitrogens with zero attached hydrogens (tertiary/aromatic N) is 1. The molecule has 2 aromatic rings. The van der Waals surface area contributed by atoms with E-state index in [9.17, 15) is 9.59 Å². The zero-order valence-corrected chi connectivity index (χ0v) is 21.4. The van der Waals surface area contributed by atoms with Crippen molar-refractivity contribution >= 4 is 51.1 Å². The van der Waals surface area contributed by atoms with E-state index in [2.05, 4.69) is 21.2 Å². The minimum Gasteiger partial charge on any atom is -0.352 e. The van der Waals surface area contributed by atoms with Gasteiger partial charge in [0.15, 0.2) is 0 Å². The Labute approximate surface area is 203 Å². The molecule has 0 aromatic heterocycles. The highest BCUT2D eigenvalue weighted by molar-refractivity contribution is 9.10. The van der Waals surface area contributed by atoms with Gasteiger partial charge in [-0.15, -0.1) is 11.8 Å². The lowest BCUT2D eigenvalue weighted by atomic mass is 10.1. The second kappa shape index (κ2) is 13.1. The van der Waals surface area contributed by atoms with E-state index < -0.39 is 6.04 Å². The minimum atomic E-state index is -0.538. The molecule has 2 aromatic carbocycles. The van der Waals surface area contributed by atoms with Gasteiger partial charge in [0.05, 0.1) is 0 Å². The van der Waals surface area contributed by atoms with Crippen LogP contribution in [0.2, 0.25) is 5.02 Å². The smallest absolute Gasteiger partial charge is 0.242 e. The van der Waals surface area contributed by atoms with E-state index in [1.54, 1.807) is 23.6 Å². The van der Waals surface area contributed by atoms with Crippen molar-refractivity contribution in [2.75, 3.05) is 5.75 Å². The normalized spacial score (nSPS) is 12.8. The molecule has 168 valence electrons. The molecule has 1 N–H and O–H groups in total. The second-order valence-corrected chi connectivity index (χ2v) is 10.1. The first-order valence-corrected chi connectivity index (χ1v) is 12.7. The molecule has 0 aliphatic heterocycles. The average molecular weight is 526 g/mol. The third kappa shape index (κ3) is 8.87. The van der Waals surface area contributed by atoms with Gasteiger partial charge >= 0.3 is 0 Å². The van der Waals surface area contributed by atoms with Crippen molar-refractivity contribution in [3.8, 4) is 0 Å². The number of benzene rings is 2. The van der Waals surface area contributed by atoms with Crippen LogP contribution < -0.4 is 5.32 Å². The average Bonchev–Trinajstić information content (AvgIpc) is 2.75. The Hall–Kier alpha value is -1.50. The van der Waals surface area contributed by atoms with Crippen LogP contribution in [-0.2, 0) is 16.1 Å². The van der Waals surface area contributed by atoms with Crippen molar-refractivity contribution in [2.24, 2.45) is 0 Å². The Balaban J connectivity index is 2.00. The third-order valence-corrected chi connectivity index (χ3v) is 6.87. The molecule has 2 unspecified atom stereocenters. The lowest BCUT2D eigenvalue weighted by Crippen LogP contribution is -2.49. The highest BCUT2D eigenvalue weighted by atomic mass is 79.9. The monoisotopic (exact) mass is 524 g/mol. The summed E-state index contributed by atoms with van der Waals surface area (Å²) in [5.74, 6) is 0.697. The number of rotatable bonds is 11. The molecule has 2 rings (SSSR count). The first kappa shape index (κ1) is 25.8. The Morgan fingerprint density at radius 2 is 1.87 bits per heavy atom. The molecule has 31 heavy (non-hydrogen) atoms. The van der Waals surface area contributed by atoms with Crippen LogP contribution in [-0.4, -0.2) is 34.6 Å². The first-order valence-electron chi connectivity index (χ1n) is 10.5. The molecule has 0 aliphatic carbocycles. The van der Waals surface area contributed by atoms with Gasteiger partial charge in [-0.2, -0.15) is 0 Å². The maximum Gasteiger partial charge on any atom is 0.242 e. The van der Waals surface area contributed by atoms with Crippen molar-refractivity contribution in [1.82, 2.24) is 10.2 Å². The number of hydrogen-bond acceptors (Lipinski definition) is 3. The van der Waals surface area contributed by atoms with Crippen molar-refractivity contribution in [3.05, 3.63) is 63.6 Å². The molecule has 0 heterocycles. The van der Waals surface area contributed by atoms with Crippen LogP contribution in [0.1, 0.15) is 45.6 Å². The molecule has 0 saturated heterocycles. The van der Waals surface area contributed by atoms with Gasteiger partial charge in [0, 0.05) is 33.4 Å². The summed E-state index contributed by atoms with van der Waals surface area (Å²) in [7, 11) is 0. The van der Waals surface area contributed by atoms with Crippen LogP contribution in [0.3, 0.4) is 0 Å². The zero-order valence-electron chi connectivity index (χ0n) is 18.2. The second-order valence-electron chi connectivity index (χ2n) is 7.55. The van der Waals surface area contributed by atoms with E-state index in [4.69, 9.17) is 11.6 Å². The van der Waals surface area contributed by atoms with Crippen LogP contribution in [0, 0.1) is 0 Å². The van der Waals surface area contributed by atoms with Crippen molar-refractivity contribution in [1.29, 1.82) is 0 Å². The van der Waals surface area contributed by atoms with Crippen LogP contribution >= 0.6 is 39.3 Å². The van der Waals surface area contributed by atoms with Gasteiger partial charge in [-0.3, -0.25) is 9.59 Å². The fourth-order valence-electron chi connectivity index (χ4n) is 2.97. The van der Waals surface area contributed by atoms with E-state index in [1.807, 2.05) is 62.4 Å². The predicted octanol–water partition coefficient (Wildman–Crippen LogP) is 6.31. The summed E-state index contributed by atoms with van der Waals surface area (Å²) >= 11 is 11.1. The zero-order chi connectivity index (χ0) is 22.8. The molecule has 7 heteroatoms. The van der Waals surface area contributed by atoms with Gasteiger partial charge in [-0.05, 0) is 74.4 Å². The largest absolute Gasteiger partial charge is 0.352 e. The van der Waals surface area contributed by atoms with E-state index in [0.717, 1.165) is 33.5 Å². The van der Waals surface area contributed by atoms with E-state index in [1.165, 1.54) is 0 Å². The van der Waals surface area contributed by atoms with E-state index >= 15 is 0 Å². The summed E-state index contributed by atoms with van der Waals surface area (Å²) in [6.07, 6.45) is 1.98. The molecule has 2 atom stereocenters. The van der Waals surface area contributed by atoms with Gasteiger partial charge in [-0.1, -0.05) is 46.6 Å². The summed E-state index contributed by atoms with van der Waals surface area (Å²) < 4.78 is 0.952. The Bertz CT molecular complexity index is 863. The third-order valence-electron chi connectivity index (χ3n) is 5.03. The number of carbonyl (C=O) groups is 2. The molecule has 0 aliphatic rings. The summed E-state index contributed by atoms with van der Waals surface area (Å²) in [4.78, 5) is 28.6. The summed E-state index contributed by atoms with van der Waals surface area (Å²) in [6, 6.07) is 15.1. The Morgan fingerprint density at radius 3 is 2.52 bits per heavy atom. The summed E-state index contributed by atoms with van der Waals surface area (Å²) in [6.45, 7) is 6.20. The predicted molar refractivity (Wildman–Crippen MR) is 133 cm³/mol. The van der Waals surface area contributed by atoms with Crippen LogP contribution in [0.5, 0.6) is 0 Å². The number of thioether (sulfide) groups is 1. The maximum absolute atomic E-state index is 13.1. The molecular weight excluding hydrogens is 496 g/mol. The van der Waals surface area contributed by atoms with Crippen LogP contribution in [0.15, 0.2) is 57.9 Å². The number of nitrogens with one attached hydrogen (secondary N) is 1. The van der Waals surface area contributed by atoms with Crippen molar-refractivity contribution < 1.29 is 9.59 Å². The number of halogens is 2. The van der Waals surface area contributed by atoms with Gasteiger partial charge in [0.1, 0.15) is 6.04 Å². The van der Waals surface area contributed by atoms with Gasteiger partial charge in [-0.25, -0.2) is 0 Å². The lowest BCUT2D eigenvalue weighted by molar-refractivity contribution is -0.140. The van der Waals surface area contributed by atoms with Crippen molar-refractivity contribution in [2.45, 2.75) is 63.6 Å². The number of carbonyl (C=O) groups excluding carboxylic acids is 2. The highest BCUT2D eigenvalue weighted by Gasteiger charge is 2.26. The van der Waals surface area contributed by atoms with Gasteiger partial charge in [0.25, 0.3) is 0 Å². The maximum atomic E-state index is 13.1.